The fourth-order valence-corrected chi connectivity index (χ4v) is 3.39. The first-order valence-electron chi connectivity index (χ1n) is 11.8. The predicted octanol–water partition coefficient (Wildman–Crippen LogP) is -0.739. The number of nitrogens with one attached hydrogen (secondary N) is 3. The fourth-order valence-electron chi connectivity index (χ4n) is 3.39. The van der Waals surface area contributed by atoms with Gasteiger partial charge in [-0.1, -0.05) is 50.6 Å². The van der Waals surface area contributed by atoms with E-state index in [9.17, 15) is 29.4 Å². The van der Waals surface area contributed by atoms with Gasteiger partial charge in [-0.3, -0.25) is 14.4 Å². The molecule has 0 spiro atoms. The van der Waals surface area contributed by atoms with E-state index >= 15 is 0 Å². The fraction of sp³-hybridized carbons (Fsp3) is 0.583. The standard InChI is InChI=1S/C24H39N5O6/c1-14(2)19(22(32)27-18(24(34)35)13-16-9-5-4-6-10-16)28-23(33)20(15(3)30)29-21(31)17(26)11-7-8-12-25/h4-6,9-10,14-15,17-20,30H,7-8,11-13,25-26H2,1-3H3,(H,27,32)(H,28,33)(H,29,31)(H,34,35). The Labute approximate surface area is 206 Å². The third-order valence-electron chi connectivity index (χ3n) is 5.51. The molecule has 11 heteroatoms. The summed E-state index contributed by atoms with van der Waals surface area (Å²) in [5, 5.41) is 27.1. The van der Waals surface area contributed by atoms with Crippen molar-refractivity contribution in [1.29, 1.82) is 0 Å². The van der Waals surface area contributed by atoms with Gasteiger partial charge in [0.1, 0.15) is 18.1 Å². The normalized spacial score (nSPS) is 15.4. The van der Waals surface area contributed by atoms with Crippen LogP contribution in [0.25, 0.3) is 0 Å². The number of benzene rings is 1. The number of carboxylic acids is 1. The smallest absolute Gasteiger partial charge is 0.326 e. The van der Waals surface area contributed by atoms with Crippen LogP contribution < -0.4 is 27.4 Å². The van der Waals surface area contributed by atoms with Gasteiger partial charge in [0.05, 0.1) is 12.1 Å². The second-order valence-corrected chi connectivity index (χ2v) is 8.94. The van der Waals surface area contributed by atoms with Crippen molar-refractivity contribution in [2.45, 2.75) is 76.7 Å². The number of amides is 3. The van der Waals surface area contributed by atoms with E-state index in [0.717, 1.165) is 5.56 Å². The molecule has 0 fully saturated rings. The molecule has 0 aliphatic carbocycles. The Morgan fingerprint density at radius 2 is 1.46 bits per heavy atom. The van der Waals surface area contributed by atoms with Crippen LogP contribution in [-0.4, -0.2) is 70.7 Å². The number of carbonyl (C=O) groups excluding carboxylic acids is 3. The molecule has 0 saturated carbocycles. The molecule has 0 aliphatic heterocycles. The van der Waals surface area contributed by atoms with Gasteiger partial charge in [0.25, 0.3) is 0 Å². The lowest BCUT2D eigenvalue weighted by Gasteiger charge is -2.28. The zero-order valence-corrected chi connectivity index (χ0v) is 20.6. The number of carboxylic acid groups (broad SMARTS) is 1. The van der Waals surface area contributed by atoms with Gasteiger partial charge < -0.3 is 37.6 Å². The summed E-state index contributed by atoms with van der Waals surface area (Å²) in [4.78, 5) is 49.9. The molecule has 0 aliphatic rings. The van der Waals surface area contributed by atoms with Crippen LogP contribution in [-0.2, 0) is 25.6 Å². The molecule has 0 bridgehead atoms. The van der Waals surface area contributed by atoms with E-state index in [1.165, 1.54) is 6.92 Å². The third kappa shape index (κ3) is 10.4. The minimum atomic E-state index is -1.35. The topological polar surface area (TPSA) is 197 Å². The number of rotatable bonds is 15. The molecule has 0 aromatic heterocycles. The average Bonchev–Trinajstić information content (AvgIpc) is 2.80. The number of nitrogens with two attached hydrogens (primary N) is 2. The highest BCUT2D eigenvalue weighted by molar-refractivity contribution is 5.94. The van der Waals surface area contributed by atoms with Crippen LogP contribution in [0.4, 0.5) is 0 Å². The molecule has 196 valence electrons. The lowest BCUT2D eigenvalue weighted by Crippen LogP contribution is -2.60. The van der Waals surface area contributed by atoms with Gasteiger partial charge in [0.2, 0.25) is 17.7 Å². The number of hydrogen-bond acceptors (Lipinski definition) is 7. The summed E-state index contributed by atoms with van der Waals surface area (Å²) in [6.07, 6.45) is 0.505. The van der Waals surface area contributed by atoms with Gasteiger partial charge in [-0.25, -0.2) is 4.79 Å². The maximum Gasteiger partial charge on any atom is 0.326 e. The maximum absolute atomic E-state index is 12.9. The number of aliphatic carboxylic acids is 1. The quantitative estimate of drug-likeness (QED) is 0.155. The number of aliphatic hydroxyl groups is 1. The van der Waals surface area contributed by atoms with Crippen molar-refractivity contribution in [2.75, 3.05) is 6.54 Å². The van der Waals surface area contributed by atoms with E-state index in [0.29, 0.717) is 25.8 Å². The highest BCUT2D eigenvalue weighted by atomic mass is 16.4. The molecule has 11 nitrogen and oxygen atoms in total. The summed E-state index contributed by atoms with van der Waals surface area (Å²) >= 11 is 0. The molecule has 9 N–H and O–H groups in total. The van der Waals surface area contributed by atoms with Crippen molar-refractivity contribution in [3.63, 3.8) is 0 Å². The van der Waals surface area contributed by atoms with Gasteiger partial charge in [-0.2, -0.15) is 0 Å². The van der Waals surface area contributed by atoms with Crippen LogP contribution in [0.2, 0.25) is 0 Å². The Hall–Kier alpha value is -3.02. The van der Waals surface area contributed by atoms with E-state index in [2.05, 4.69) is 16.0 Å². The van der Waals surface area contributed by atoms with Crippen LogP contribution in [0.15, 0.2) is 30.3 Å². The summed E-state index contributed by atoms with van der Waals surface area (Å²) in [7, 11) is 0. The molecule has 5 unspecified atom stereocenters. The first-order valence-corrected chi connectivity index (χ1v) is 11.8. The predicted molar refractivity (Wildman–Crippen MR) is 131 cm³/mol. The Balaban J connectivity index is 2.87. The molecule has 0 radical (unpaired) electrons. The van der Waals surface area contributed by atoms with Crippen LogP contribution in [0.1, 0.15) is 45.6 Å². The minimum Gasteiger partial charge on any atom is -0.480 e. The maximum atomic E-state index is 12.9. The summed E-state index contributed by atoms with van der Waals surface area (Å²) in [6.45, 7) is 5.16. The second kappa shape index (κ2) is 15.1. The molecule has 35 heavy (non-hydrogen) atoms. The van der Waals surface area contributed by atoms with Gasteiger partial charge >= 0.3 is 5.97 Å². The summed E-state index contributed by atoms with van der Waals surface area (Å²) in [5.74, 6) is -3.71. The van der Waals surface area contributed by atoms with Gasteiger partial charge in [-0.15, -0.1) is 0 Å². The highest BCUT2D eigenvalue weighted by Gasteiger charge is 2.33. The third-order valence-corrected chi connectivity index (χ3v) is 5.51. The van der Waals surface area contributed by atoms with Gasteiger partial charge in [-0.05, 0) is 37.8 Å². The summed E-state index contributed by atoms with van der Waals surface area (Å²) in [5.41, 5.74) is 12.0. The van der Waals surface area contributed by atoms with Crippen molar-refractivity contribution in [3.05, 3.63) is 35.9 Å². The van der Waals surface area contributed by atoms with E-state index in [1.807, 2.05) is 0 Å². The van der Waals surface area contributed by atoms with Gasteiger partial charge in [0, 0.05) is 6.42 Å². The molecular formula is C24H39N5O6. The molecule has 1 aromatic rings. The first kappa shape index (κ1) is 30.0. The number of unbranched alkanes of at least 4 members (excludes halogenated alkanes) is 1. The molecule has 1 rings (SSSR count). The van der Waals surface area contributed by atoms with Crippen LogP contribution >= 0.6 is 0 Å². The Kier molecular flexibility index (Phi) is 12.9. The van der Waals surface area contributed by atoms with Crippen LogP contribution in [0.5, 0.6) is 0 Å². The first-order chi connectivity index (χ1) is 16.5. The lowest BCUT2D eigenvalue weighted by atomic mass is 10.0. The zero-order chi connectivity index (χ0) is 26.5. The SMILES string of the molecule is CC(C)C(NC(=O)C(NC(=O)C(N)CCCCN)C(C)O)C(=O)NC(Cc1ccccc1)C(=O)O. The lowest BCUT2D eigenvalue weighted by molar-refractivity contribution is -0.142. The molecule has 0 heterocycles. The largest absolute Gasteiger partial charge is 0.480 e. The van der Waals surface area contributed by atoms with E-state index in [1.54, 1.807) is 44.2 Å². The Morgan fingerprint density at radius 3 is 1.97 bits per heavy atom. The zero-order valence-electron chi connectivity index (χ0n) is 20.6. The summed E-state index contributed by atoms with van der Waals surface area (Å²) in [6, 6.07) is 4.29. The molecule has 5 atom stereocenters. The number of aliphatic hydroxyl groups excluding tert-OH is 1. The molecular weight excluding hydrogens is 454 g/mol. The van der Waals surface area contributed by atoms with Gasteiger partial charge in [0.15, 0.2) is 0 Å². The Morgan fingerprint density at radius 1 is 0.886 bits per heavy atom. The molecule has 1 aromatic carbocycles. The van der Waals surface area contributed by atoms with E-state index in [-0.39, 0.29) is 6.42 Å². The molecule has 0 saturated heterocycles. The van der Waals surface area contributed by atoms with Crippen molar-refractivity contribution in [3.8, 4) is 0 Å². The molecule has 3 amide bonds. The van der Waals surface area contributed by atoms with Crippen molar-refractivity contribution in [2.24, 2.45) is 17.4 Å². The van der Waals surface area contributed by atoms with Crippen LogP contribution in [0.3, 0.4) is 0 Å². The van der Waals surface area contributed by atoms with E-state index < -0.39 is 59.9 Å². The average molecular weight is 494 g/mol. The Bertz CT molecular complexity index is 833. The van der Waals surface area contributed by atoms with Crippen molar-refractivity contribution >= 4 is 23.7 Å². The minimum absolute atomic E-state index is 0.0646. The highest BCUT2D eigenvalue weighted by Crippen LogP contribution is 2.08. The second-order valence-electron chi connectivity index (χ2n) is 8.94. The van der Waals surface area contributed by atoms with Crippen molar-refractivity contribution in [1.82, 2.24) is 16.0 Å². The van der Waals surface area contributed by atoms with E-state index in [4.69, 9.17) is 11.5 Å². The summed E-state index contributed by atoms with van der Waals surface area (Å²) < 4.78 is 0. The number of carbonyl (C=O) groups is 4. The monoisotopic (exact) mass is 493 g/mol. The van der Waals surface area contributed by atoms with Crippen LogP contribution in [0, 0.1) is 5.92 Å². The number of hydrogen-bond donors (Lipinski definition) is 7. The van der Waals surface area contributed by atoms with Crippen molar-refractivity contribution < 1.29 is 29.4 Å².